The van der Waals surface area contributed by atoms with Crippen LogP contribution < -0.4 is 0 Å². The van der Waals surface area contributed by atoms with Crippen molar-refractivity contribution in [2.24, 2.45) is 5.92 Å². The fraction of sp³-hybridized carbons (Fsp3) is 0.462. The number of aliphatic carboxylic acids is 1. The largest absolute Gasteiger partial charge is 0.481 e. The van der Waals surface area contributed by atoms with E-state index in [0.29, 0.717) is 11.4 Å². The monoisotopic (exact) mass is 240 g/mol. The second kappa shape index (κ2) is 6.54. The minimum absolute atomic E-state index is 0.320. The van der Waals surface area contributed by atoms with Crippen molar-refractivity contribution >= 4 is 17.6 Å². The molecule has 1 N–H and O–H groups in total. The molecule has 1 rings (SSSR count). The average molecular weight is 241 g/mol. The molecule has 0 aromatic heterocycles. The van der Waals surface area contributed by atoms with Gasteiger partial charge in [-0.15, -0.1) is 0 Å². The summed E-state index contributed by atoms with van der Waals surface area (Å²) < 4.78 is 0. The lowest BCUT2D eigenvalue weighted by Gasteiger charge is -2.12. The molecule has 3 heteroatoms. The molecule has 0 aliphatic heterocycles. The van der Waals surface area contributed by atoms with Gasteiger partial charge in [-0.25, -0.2) is 0 Å². The van der Waals surface area contributed by atoms with Crippen molar-refractivity contribution in [2.45, 2.75) is 32.6 Å². The van der Waals surface area contributed by atoms with Crippen molar-refractivity contribution < 1.29 is 9.90 Å². The molecule has 0 amide bonds. The van der Waals surface area contributed by atoms with E-state index in [1.165, 1.54) is 0 Å². The highest BCUT2D eigenvalue weighted by Gasteiger charge is 2.18. The van der Waals surface area contributed by atoms with Gasteiger partial charge in [-0.05, 0) is 24.5 Å². The smallest absolute Gasteiger partial charge is 0.306 e. The Morgan fingerprint density at radius 3 is 2.69 bits per heavy atom. The van der Waals surface area contributed by atoms with E-state index in [1.54, 1.807) is 6.07 Å². The minimum Gasteiger partial charge on any atom is -0.481 e. The molecule has 0 radical (unpaired) electrons. The van der Waals surface area contributed by atoms with Crippen molar-refractivity contribution in [1.29, 1.82) is 0 Å². The Morgan fingerprint density at radius 1 is 1.44 bits per heavy atom. The topological polar surface area (TPSA) is 37.3 Å². The first-order valence-corrected chi connectivity index (χ1v) is 5.99. The van der Waals surface area contributed by atoms with Gasteiger partial charge in [0.15, 0.2) is 0 Å². The fourth-order valence-electron chi connectivity index (χ4n) is 1.69. The zero-order valence-electron chi connectivity index (χ0n) is 9.45. The Balaban J connectivity index is 2.68. The highest BCUT2D eigenvalue weighted by atomic mass is 35.5. The van der Waals surface area contributed by atoms with Crippen LogP contribution in [0.15, 0.2) is 24.3 Å². The second-order valence-corrected chi connectivity index (χ2v) is 4.38. The van der Waals surface area contributed by atoms with Crippen LogP contribution in [0, 0.1) is 5.92 Å². The third kappa shape index (κ3) is 3.86. The molecular weight excluding hydrogens is 224 g/mol. The lowest BCUT2D eigenvalue weighted by atomic mass is 9.94. The standard InChI is InChI=1S/C13H17ClO2/c1-2-3-6-11(13(15)16)9-10-7-4-5-8-12(10)14/h4-5,7-8,11H,2-3,6,9H2,1H3,(H,15,16). The molecule has 1 unspecified atom stereocenters. The molecular formula is C13H17ClO2. The summed E-state index contributed by atoms with van der Waals surface area (Å²) in [5, 5.41) is 9.77. The number of benzene rings is 1. The summed E-state index contributed by atoms with van der Waals surface area (Å²) >= 11 is 6.01. The normalized spacial score (nSPS) is 12.4. The van der Waals surface area contributed by atoms with Crippen LogP contribution in [-0.2, 0) is 11.2 Å². The summed E-state index contributed by atoms with van der Waals surface area (Å²) in [5.74, 6) is -1.05. The van der Waals surface area contributed by atoms with Gasteiger partial charge in [-0.1, -0.05) is 49.6 Å². The molecule has 0 fully saturated rings. The SMILES string of the molecule is CCCCC(Cc1ccccc1Cl)C(=O)O. The molecule has 0 aliphatic carbocycles. The van der Waals surface area contributed by atoms with Gasteiger partial charge in [0.25, 0.3) is 0 Å². The molecule has 0 saturated heterocycles. The van der Waals surface area contributed by atoms with E-state index in [4.69, 9.17) is 16.7 Å². The van der Waals surface area contributed by atoms with Crippen LogP contribution in [0.3, 0.4) is 0 Å². The number of carbonyl (C=O) groups is 1. The third-order valence-corrected chi connectivity index (χ3v) is 3.05. The first-order chi connectivity index (χ1) is 7.65. The Labute approximate surface area is 101 Å². The zero-order chi connectivity index (χ0) is 12.0. The molecule has 1 aromatic rings. The van der Waals surface area contributed by atoms with E-state index < -0.39 is 5.97 Å². The number of carboxylic acid groups (broad SMARTS) is 1. The van der Waals surface area contributed by atoms with Crippen LogP contribution >= 0.6 is 11.6 Å². The molecule has 0 heterocycles. The van der Waals surface area contributed by atoms with Gasteiger partial charge in [0.05, 0.1) is 5.92 Å². The van der Waals surface area contributed by atoms with Gasteiger partial charge in [0.2, 0.25) is 0 Å². The Morgan fingerprint density at radius 2 is 2.12 bits per heavy atom. The summed E-state index contributed by atoms with van der Waals surface area (Å²) in [7, 11) is 0. The maximum Gasteiger partial charge on any atom is 0.306 e. The van der Waals surface area contributed by atoms with E-state index >= 15 is 0 Å². The van der Waals surface area contributed by atoms with E-state index in [-0.39, 0.29) is 5.92 Å². The number of halogens is 1. The Hall–Kier alpha value is -1.02. The van der Waals surface area contributed by atoms with E-state index in [0.717, 1.165) is 24.8 Å². The van der Waals surface area contributed by atoms with Crippen molar-refractivity contribution in [3.63, 3.8) is 0 Å². The molecule has 0 bridgehead atoms. The lowest BCUT2D eigenvalue weighted by Crippen LogP contribution is -2.16. The fourth-order valence-corrected chi connectivity index (χ4v) is 1.91. The van der Waals surface area contributed by atoms with E-state index in [2.05, 4.69) is 6.92 Å². The molecule has 1 aromatic carbocycles. The predicted molar refractivity (Wildman–Crippen MR) is 65.8 cm³/mol. The van der Waals surface area contributed by atoms with Crippen LogP contribution in [0.4, 0.5) is 0 Å². The molecule has 1 atom stereocenters. The van der Waals surface area contributed by atoms with Gasteiger partial charge in [-0.2, -0.15) is 0 Å². The molecule has 0 saturated carbocycles. The number of carboxylic acids is 1. The zero-order valence-corrected chi connectivity index (χ0v) is 10.2. The number of rotatable bonds is 6. The van der Waals surface area contributed by atoms with Crippen molar-refractivity contribution in [3.8, 4) is 0 Å². The summed E-state index contributed by atoms with van der Waals surface area (Å²) in [6.07, 6.45) is 3.21. The van der Waals surface area contributed by atoms with Gasteiger partial charge in [-0.3, -0.25) is 4.79 Å². The van der Waals surface area contributed by atoms with Crippen LogP contribution in [0.2, 0.25) is 5.02 Å². The summed E-state index contributed by atoms with van der Waals surface area (Å²) in [4.78, 5) is 11.1. The van der Waals surface area contributed by atoms with Crippen molar-refractivity contribution in [2.75, 3.05) is 0 Å². The van der Waals surface area contributed by atoms with Crippen LogP contribution in [0.5, 0.6) is 0 Å². The predicted octanol–water partition coefficient (Wildman–Crippen LogP) is 3.77. The van der Waals surface area contributed by atoms with E-state index in [9.17, 15) is 4.79 Å². The van der Waals surface area contributed by atoms with Gasteiger partial charge >= 0.3 is 5.97 Å². The summed E-state index contributed by atoms with van der Waals surface area (Å²) in [6.45, 7) is 2.06. The second-order valence-electron chi connectivity index (χ2n) is 3.97. The first-order valence-electron chi connectivity index (χ1n) is 5.61. The lowest BCUT2D eigenvalue weighted by molar-refractivity contribution is -0.141. The third-order valence-electron chi connectivity index (χ3n) is 2.68. The van der Waals surface area contributed by atoms with Gasteiger partial charge in [0, 0.05) is 5.02 Å². The summed E-state index contributed by atoms with van der Waals surface area (Å²) in [5.41, 5.74) is 0.924. The van der Waals surface area contributed by atoms with Crippen molar-refractivity contribution in [1.82, 2.24) is 0 Å². The average Bonchev–Trinajstić information content (AvgIpc) is 2.26. The highest BCUT2D eigenvalue weighted by Crippen LogP contribution is 2.21. The maximum absolute atomic E-state index is 11.1. The van der Waals surface area contributed by atoms with Crippen LogP contribution in [0.1, 0.15) is 31.7 Å². The Bertz CT molecular complexity index is 350. The molecule has 0 spiro atoms. The Kier molecular flexibility index (Phi) is 5.33. The maximum atomic E-state index is 11.1. The quantitative estimate of drug-likeness (QED) is 0.822. The van der Waals surface area contributed by atoms with Crippen LogP contribution in [-0.4, -0.2) is 11.1 Å². The minimum atomic E-state index is -0.728. The summed E-state index contributed by atoms with van der Waals surface area (Å²) in [6, 6.07) is 7.44. The van der Waals surface area contributed by atoms with Crippen molar-refractivity contribution in [3.05, 3.63) is 34.9 Å². The molecule has 0 aliphatic rings. The molecule has 88 valence electrons. The number of hydrogen-bond acceptors (Lipinski definition) is 1. The molecule has 2 nitrogen and oxygen atoms in total. The number of unbranched alkanes of at least 4 members (excludes halogenated alkanes) is 1. The van der Waals surface area contributed by atoms with Gasteiger partial charge < -0.3 is 5.11 Å². The number of hydrogen-bond donors (Lipinski definition) is 1. The molecule has 16 heavy (non-hydrogen) atoms. The van der Waals surface area contributed by atoms with Gasteiger partial charge in [0.1, 0.15) is 0 Å². The highest BCUT2D eigenvalue weighted by molar-refractivity contribution is 6.31. The van der Waals surface area contributed by atoms with E-state index in [1.807, 2.05) is 18.2 Å². The first kappa shape index (κ1) is 13.0. The van der Waals surface area contributed by atoms with Crippen LogP contribution in [0.25, 0.3) is 0 Å².